The fraction of sp³-hybridized carbons (Fsp3) is 0.412. The molecule has 1 heterocycles. The molecule has 0 spiro atoms. The molecule has 0 aliphatic rings. The Morgan fingerprint density at radius 2 is 1.83 bits per heavy atom. The van der Waals surface area contributed by atoms with Crippen molar-refractivity contribution in [1.29, 1.82) is 0 Å². The first-order valence-corrected chi connectivity index (χ1v) is 7.77. The number of methoxy groups -OCH3 is 3. The molecule has 2 rings (SSSR count). The zero-order valence-electron chi connectivity index (χ0n) is 14.3. The summed E-state index contributed by atoms with van der Waals surface area (Å²) in [6.07, 6.45) is 2.65. The highest BCUT2D eigenvalue weighted by Crippen LogP contribution is 2.27. The van der Waals surface area contributed by atoms with Crippen LogP contribution in [0.3, 0.4) is 0 Å². The van der Waals surface area contributed by atoms with Crippen LogP contribution >= 0.6 is 0 Å². The smallest absolute Gasteiger partial charge is 0.224 e. The SMILES string of the molecule is COCCCNc1ccnc(NCc2ccc(OC)c(OC)c2)n1. The van der Waals surface area contributed by atoms with E-state index in [-0.39, 0.29) is 0 Å². The number of benzene rings is 1. The highest BCUT2D eigenvalue weighted by atomic mass is 16.5. The number of hydrogen-bond donors (Lipinski definition) is 2. The van der Waals surface area contributed by atoms with Gasteiger partial charge >= 0.3 is 0 Å². The molecule has 0 saturated heterocycles. The van der Waals surface area contributed by atoms with Crippen LogP contribution in [0.5, 0.6) is 11.5 Å². The van der Waals surface area contributed by atoms with Crippen LogP contribution in [0.4, 0.5) is 11.8 Å². The number of hydrogen-bond acceptors (Lipinski definition) is 7. The lowest BCUT2D eigenvalue weighted by Gasteiger charge is -2.11. The van der Waals surface area contributed by atoms with Gasteiger partial charge in [0.2, 0.25) is 5.95 Å². The molecule has 7 nitrogen and oxygen atoms in total. The third-order valence-corrected chi connectivity index (χ3v) is 3.39. The van der Waals surface area contributed by atoms with Gasteiger partial charge in [0.05, 0.1) is 14.2 Å². The van der Waals surface area contributed by atoms with E-state index in [9.17, 15) is 0 Å². The first-order chi connectivity index (χ1) is 11.8. The van der Waals surface area contributed by atoms with Crippen LogP contribution in [0.1, 0.15) is 12.0 Å². The van der Waals surface area contributed by atoms with Crippen molar-refractivity contribution < 1.29 is 14.2 Å². The molecule has 130 valence electrons. The Bertz CT molecular complexity index is 637. The van der Waals surface area contributed by atoms with Gasteiger partial charge in [0.25, 0.3) is 0 Å². The summed E-state index contributed by atoms with van der Waals surface area (Å²) in [4.78, 5) is 8.66. The minimum Gasteiger partial charge on any atom is -0.493 e. The molecule has 0 amide bonds. The van der Waals surface area contributed by atoms with Crippen molar-refractivity contribution in [2.75, 3.05) is 45.1 Å². The molecule has 0 atom stereocenters. The second-order valence-corrected chi connectivity index (χ2v) is 5.08. The molecule has 1 aromatic heterocycles. The van der Waals surface area contributed by atoms with Gasteiger partial charge in [0.15, 0.2) is 11.5 Å². The zero-order valence-corrected chi connectivity index (χ0v) is 14.3. The van der Waals surface area contributed by atoms with E-state index in [4.69, 9.17) is 14.2 Å². The molecule has 24 heavy (non-hydrogen) atoms. The Labute approximate surface area is 142 Å². The molecule has 7 heteroatoms. The van der Waals surface area contributed by atoms with Crippen molar-refractivity contribution in [3.8, 4) is 11.5 Å². The molecule has 0 radical (unpaired) electrons. The number of ether oxygens (including phenoxy) is 3. The largest absolute Gasteiger partial charge is 0.493 e. The fourth-order valence-corrected chi connectivity index (χ4v) is 2.15. The van der Waals surface area contributed by atoms with E-state index < -0.39 is 0 Å². The zero-order chi connectivity index (χ0) is 17.2. The van der Waals surface area contributed by atoms with E-state index >= 15 is 0 Å². The molecular weight excluding hydrogens is 308 g/mol. The van der Waals surface area contributed by atoms with Crippen LogP contribution in [0.25, 0.3) is 0 Å². The van der Waals surface area contributed by atoms with Crippen LogP contribution < -0.4 is 20.1 Å². The van der Waals surface area contributed by atoms with E-state index in [0.717, 1.165) is 31.0 Å². The summed E-state index contributed by atoms with van der Waals surface area (Å²) < 4.78 is 15.6. The Hall–Kier alpha value is -2.54. The molecule has 0 unspecified atom stereocenters. The highest BCUT2D eigenvalue weighted by Gasteiger charge is 2.05. The second kappa shape index (κ2) is 9.57. The molecule has 2 N–H and O–H groups in total. The average molecular weight is 332 g/mol. The maximum atomic E-state index is 5.31. The van der Waals surface area contributed by atoms with Gasteiger partial charge in [0.1, 0.15) is 5.82 Å². The second-order valence-electron chi connectivity index (χ2n) is 5.08. The van der Waals surface area contributed by atoms with Crippen LogP contribution in [0.2, 0.25) is 0 Å². The van der Waals surface area contributed by atoms with Gasteiger partial charge in [-0.2, -0.15) is 4.98 Å². The van der Waals surface area contributed by atoms with Gasteiger partial charge in [0, 0.05) is 33.0 Å². The van der Waals surface area contributed by atoms with Gasteiger partial charge in [-0.15, -0.1) is 0 Å². The van der Waals surface area contributed by atoms with Crippen molar-refractivity contribution in [2.45, 2.75) is 13.0 Å². The summed E-state index contributed by atoms with van der Waals surface area (Å²) in [6, 6.07) is 7.62. The highest BCUT2D eigenvalue weighted by molar-refractivity contribution is 5.44. The van der Waals surface area contributed by atoms with Gasteiger partial charge in [-0.25, -0.2) is 4.98 Å². The minimum absolute atomic E-state index is 0.571. The van der Waals surface area contributed by atoms with E-state index in [0.29, 0.717) is 24.0 Å². The van der Waals surface area contributed by atoms with E-state index in [1.165, 1.54) is 0 Å². The standard InChI is InChI=1S/C17H24N4O3/c1-22-10-4-8-18-16-7-9-19-17(21-16)20-12-13-5-6-14(23-2)15(11-13)24-3/h5-7,9,11H,4,8,10,12H2,1-3H3,(H2,18,19,20,21). The number of nitrogens with one attached hydrogen (secondary N) is 2. The van der Waals surface area contributed by atoms with Crippen LogP contribution in [0.15, 0.2) is 30.5 Å². The van der Waals surface area contributed by atoms with Crippen molar-refractivity contribution in [1.82, 2.24) is 9.97 Å². The third kappa shape index (κ3) is 5.27. The lowest BCUT2D eigenvalue weighted by atomic mass is 10.2. The summed E-state index contributed by atoms with van der Waals surface area (Å²) in [6.45, 7) is 2.12. The van der Waals surface area contributed by atoms with Crippen LogP contribution in [-0.2, 0) is 11.3 Å². The molecule has 1 aromatic carbocycles. The molecule has 0 bridgehead atoms. The summed E-state index contributed by atoms with van der Waals surface area (Å²) >= 11 is 0. The maximum absolute atomic E-state index is 5.31. The van der Waals surface area contributed by atoms with Crippen molar-refractivity contribution >= 4 is 11.8 Å². The van der Waals surface area contributed by atoms with E-state index in [2.05, 4.69) is 20.6 Å². The van der Waals surface area contributed by atoms with Crippen molar-refractivity contribution in [2.24, 2.45) is 0 Å². The van der Waals surface area contributed by atoms with Crippen molar-refractivity contribution in [3.63, 3.8) is 0 Å². The summed E-state index contributed by atoms with van der Waals surface area (Å²) in [5.41, 5.74) is 1.05. The maximum Gasteiger partial charge on any atom is 0.224 e. The summed E-state index contributed by atoms with van der Waals surface area (Å²) in [5, 5.41) is 6.45. The average Bonchev–Trinajstić information content (AvgIpc) is 2.63. The van der Waals surface area contributed by atoms with E-state index in [1.54, 1.807) is 27.5 Å². The Morgan fingerprint density at radius 1 is 1.00 bits per heavy atom. The molecule has 0 fully saturated rings. The Balaban J connectivity index is 1.92. The van der Waals surface area contributed by atoms with Gasteiger partial charge in [-0.05, 0) is 30.2 Å². The lowest BCUT2D eigenvalue weighted by molar-refractivity contribution is 0.198. The molecule has 0 saturated carbocycles. The third-order valence-electron chi connectivity index (χ3n) is 3.39. The summed E-state index contributed by atoms with van der Waals surface area (Å²) in [7, 11) is 4.94. The molecule has 0 aliphatic heterocycles. The molecular formula is C17H24N4O3. The Morgan fingerprint density at radius 3 is 2.58 bits per heavy atom. The van der Waals surface area contributed by atoms with Gasteiger partial charge in [-0.1, -0.05) is 6.07 Å². The van der Waals surface area contributed by atoms with Crippen LogP contribution in [-0.4, -0.2) is 44.4 Å². The van der Waals surface area contributed by atoms with Gasteiger partial charge < -0.3 is 24.8 Å². The molecule has 0 aliphatic carbocycles. The van der Waals surface area contributed by atoms with Crippen molar-refractivity contribution in [3.05, 3.63) is 36.0 Å². The number of aromatic nitrogens is 2. The van der Waals surface area contributed by atoms with E-state index in [1.807, 2.05) is 24.3 Å². The first-order valence-electron chi connectivity index (χ1n) is 7.77. The predicted octanol–water partition coefficient (Wildman–Crippen LogP) is 2.55. The van der Waals surface area contributed by atoms with Crippen LogP contribution in [0, 0.1) is 0 Å². The lowest BCUT2D eigenvalue weighted by Crippen LogP contribution is -2.09. The Kier molecular flexibility index (Phi) is 7.10. The fourth-order valence-electron chi connectivity index (χ4n) is 2.15. The monoisotopic (exact) mass is 332 g/mol. The summed E-state index contributed by atoms with van der Waals surface area (Å²) in [5.74, 6) is 2.77. The normalized spacial score (nSPS) is 10.3. The van der Waals surface area contributed by atoms with Gasteiger partial charge in [-0.3, -0.25) is 0 Å². The topological polar surface area (TPSA) is 77.5 Å². The number of rotatable bonds is 10. The first kappa shape index (κ1) is 17.8. The number of anilines is 2. The molecule has 2 aromatic rings. The minimum atomic E-state index is 0.571. The number of nitrogens with zero attached hydrogens (tertiary/aromatic N) is 2. The quantitative estimate of drug-likeness (QED) is 0.647. The predicted molar refractivity (Wildman–Crippen MR) is 93.9 cm³/mol.